The molecule has 0 saturated heterocycles. The van der Waals surface area contributed by atoms with Crippen LogP contribution in [0.4, 0.5) is 5.69 Å². The predicted molar refractivity (Wildman–Crippen MR) is 76.9 cm³/mol. The fourth-order valence-electron chi connectivity index (χ4n) is 1.71. The summed E-state index contributed by atoms with van der Waals surface area (Å²) in [5, 5.41) is 11.3. The molecule has 102 valence electrons. The molecule has 0 radical (unpaired) electrons. The summed E-state index contributed by atoms with van der Waals surface area (Å²) in [5.74, 6) is 0. The van der Waals surface area contributed by atoms with Crippen LogP contribution < -0.4 is 10.5 Å². The van der Waals surface area contributed by atoms with E-state index in [4.69, 9.17) is 5.14 Å². The lowest BCUT2D eigenvalue weighted by atomic mass is 10.3. The topological polar surface area (TPSA) is 85.1 Å². The second-order valence-electron chi connectivity index (χ2n) is 4.08. The molecule has 3 N–H and O–H groups in total. The van der Waals surface area contributed by atoms with Crippen LogP contribution in [-0.4, -0.2) is 19.9 Å². The van der Waals surface area contributed by atoms with Crippen molar-refractivity contribution in [3.05, 3.63) is 40.3 Å². The number of hydrogen-bond acceptors (Lipinski definition) is 5. The molecule has 2 rings (SSSR count). The zero-order chi connectivity index (χ0) is 13.9. The van der Waals surface area contributed by atoms with Gasteiger partial charge in [-0.1, -0.05) is 12.1 Å². The van der Waals surface area contributed by atoms with Gasteiger partial charge in [0.25, 0.3) is 0 Å². The van der Waals surface area contributed by atoms with Crippen LogP contribution in [0.5, 0.6) is 0 Å². The molecule has 0 saturated carbocycles. The smallest absolute Gasteiger partial charge is 0.240 e. The van der Waals surface area contributed by atoms with Gasteiger partial charge in [-0.3, -0.25) is 0 Å². The molecule has 0 fully saturated rings. The molecule has 0 aliphatic carbocycles. The largest absolute Gasteiger partial charge is 0.384 e. The van der Waals surface area contributed by atoms with Crippen molar-refractivity contribution in [2.24, 2.45) is 5.14 Å². The van der Waals surface area contributed by atoms with Crippen LogP contribution >= 0.6 is 11.3 Å². The Morgan fingerprint density at radius 1 is 1.37 bits per heavy atom. The lowest BCUT2D eigenvalue weighted by Crippen LogP contribution is -2.16. The second-order valence-corrected chi connectivity index (χ2v) is 6.67. The quantitative estimate of drug-likeness (QED) is 0.880. The van der Waals surface area contributed by atoms with E-state index in [9.17, 15) is 8.42 Å². The fourth-order valence-corrected chi connectivity index (χ4v) is 3.07. The average Bonchev–Trinajstić information content (AvgIpc) is 2.74. The van der Waals surface area contributed by atoms with Crippen LogP contribution in [0.25, 0.3) is 0 Å². The van der Waals surface area contributed by atoms with Crippen molar-refractivity contribution in [3.63, 3.8) is 0 Å². The molecule has 0 aliphatic heterocycles. The van der Waals surface area contributed by atoms with Crippen LogP contribution in [0.15, 0.2) is 34.5 Å². The van der Waals surface area contributed by atoms with Crippen molar-refractivity contribution in [2.75, 3.05) is 11.9 Å². The van der Waals surface area contributed by atoms with Gasteiger partial charge < -0.3 is 5.32 Å². The highest BCUT2D eigenvalue weighted by molar-refractivity contribution is 7.89. The Hall–Kier alpha value is -1.44. The van der Waals surface area contributed by atoms with E-state index < -0.39 is 10.0 Å². The van der Waals surface area contributed by atoms with Gasteiger partial charge in [0, 0.05) is 18.3 Å². The number of benzene rings is 1. The van der Waals surface area contributed by atoms with Crippen molar-refractivity contribution in [1.82, 2.24) is 4.98 Å². The van der Waals surface area contributed by atoms with Crippen molar-refractivity contribution in [3.8, 4) is 0 Å². The Balaban J connectivity index is 2.04. The number of nitrogens with two attached hydrogens (primary N) is 1. The van der Waals surface area contributed by atoms with Gasteiger partial charge >= 0.3 is 0 Å². The summed E-state index contributed by atoms with van der Waals surface area (Å²) < 4.78 is 22.8. The zero-order valence-corrected chi connectivity index (χ0v) is 12.1. The number of nitrogens with zero attached hydrogens (tertiary/aromatic N) is 1. The van der Waals surface area contributed by atoms with Crippen molar-refractivity contribution < 1.29 is 8.42 Å². The molecule has 0 atom stereocenters. The van der Waals surface area contributed by atoms with Crippen LogP contribution in [0, 0.1) is 6.92 Å². The molecule has 2 aromatic rings. The molecular formula is C12H15N3O2S2. The van der Waals surface area contributed by atoms with Gasteiger partial charge in [-0.2, -0.15) is 0 Å². The molecule has 1 heterocycles. The summed E-state index contributed by atoms with van der Waals surface area (Å²) in [7, 11) is -3.70. The standard InChI is InChI=1S/C12H15N3O2S2/c1-9-15-10(8-18-9)6-7-14-11-4-2-3-5-12(11)19(13,16)17/h2-5,8,14H,6-7H2,1H3,(H2,13,16,17). The van der Waals surface area contributed by atoms with E-state index in [0.717, 1.165) is 17.1 Å². The first kappa shape index (κ1) is 14.0. The molecule has 5 nitrogen and oxygen atoms in total. The van der Waals surface area contributed by atoms with E-state index in [2.05, 4.69) is 10.3 Å². The van der Waals surface area contributed by atoms with Crippen molar-refractivity contribution in [1.29, 1.82) is 0 Å². The average molecular weight is 297 g/mol. The molecule has 1 aromatic heterocycles. The minimum absolute atomic E-state index is 0.115. The molecule has 1 aromatic carbocycles. The van der Waals surface area contributed by atoms with Gasteiger partial charge in [-0.25, -0.2) is 18.5 Å². The summed E-state index contributed by atoms with van der Waals surface area (Å²) in [6.07, 6.45) is 0.739. The van der Waals surface area contributed by atoms with Crippen LogP contribution in [-0.2, 0) is 16.4 Å². The maximum Gasteiger partial charge on any atom is 0.240 e. The van der Waals surface area contributed by atoms with Gasteiger partial charge in [0.1, 0.15) is 4.90 Å². The fraction of sp³-hybridized carbons (Fsp3) is 0.250. The first-order valence-corrected chi connectivity index (χ1v) is 8.16. The van der Waals surface area contributed by atoms with E-state index in [1.54, 1.807) is 29.5 Å². The number of aryl methyl sites for hydroxylation is 1. The molecule has 19 heavy (non-hydrogen) atoms. The minimum Gasteiger partial charge on any atom is -0.384 e. The number of rotatable bonds is 5. The summed E-state index contributed by atoms with van der Waals surface area (Å²) in [6, 6.07) is 6.61. The highest BCUT2D eigenvalue weighted by atomic mass is 32.2. The van der Waals surface area contributed by atoms with Crippen molar-refractivity contribution >= 4 is 27.0 Å². The number of thiazole rings is 1. The Bertz CT molecular complexity index is 665. The Labute approximate surface area is 116 Å². The molecular weight excluding hydrogens is 282 g/mol. The number of primary sulfonamides is 1. The molecule has 0 unspecified atom stereocenters. The van der Waals surface area contributed by atoms with Gasteiger partial charge in [-0.15, -0.1) is 11.3 Å². The number of anilines is 1. The summed E-state index contributed by atoms with van der Waals surface area (Å²) in [5.41, 5.74) is 1.53. The SMILES string of the molecule is Cc1nc(CCNc2ccccc2S(N)(=O)=O)cs1. The number of sulfonamides is 1. The number of para-hydroxylation sites is 1. The predicted octanol–water partition coefficient (Wildman–Crippen LogP) is 1.75. The molecule has 0 amide bonds. The van der Waals surface area contributed by atoms with Gasteiger partial charge in [0.2, 0.25) is 10.0 Å². The molecule has 0 aliphatic rings. The first-order valence-electron chi connectivity index (χ1n) is 5.73. The Kier molecular flexibility index (Phi) is 4.18. The third-order valence-corrected chi connectivity index (χ3v) is 4.35. The molecule has 0 spiro atoms. The van der Waals surface area contributed by atoms with Crippen LogP contribution in [0.1, 0.15) is 10.7 Å². The maximum absolute atomic E-state index is 11.4. The lowest BCUT2D eigenvalue weighted by molar-refractivity contribution is 0.598. The number of hydrogen-bond donors (Lipinski definition) is 2. The highest BCUT2D eigenvalue weighted by Crippen LogP contribution is 2.19. The van der Waals surface area contributed by atoms with E-state index in [1.807, 2.05) is 12.3 Å². The zero-order valence-electron chi connectivity index (χ0n) is 10.5. The first-order chi connectivity index (χ1) is 8.97. The maximum atomic E-state index is 11.4. The van der Waals surface area contributed by atoms with Crippen LogP contribution in [0.2, 0.25) is 0 Å². The van der Waals surface area contributed by atoms with Crippen molar-refractivity contribution in [2.45, 2.75) is 18.2 Å². The van der Waals surface area contributed by atoms with Crippen LogP contribution in [0.3, 0.4) is 0 Å². The van der Waals surface area contributed by atoms with Gasteiger partial charge in [-0.05, 0) is 19.1 Å². The van der Waals surface area contributed by atoms with E-state index in [-0.39, 0.29) is 4.90 Å². The summed E-state index contributed by atoms with van der Waals surface area (Å²) in [6.45, 7) is 2.56. The number of aromatic nitrogens is 1. The highest BCUT2D eigenvalue weighted by Gasteiger charge is 2.12. The second kappa shape index (κ2) is 5.68. The minimum atomic E-state index is -3.70. The Morgan fingerprint density at radius 3 is 2.74 bits per heavy atom. The van der Waals surface area contributed by atoms with E-state index in [0.29, 0.717) is 12.2 Å². The van der Waals surface area contributed by atoms with E-state index >= 15 is 0 Å². The molecule has 7 heteroatoms. The van der Waals surface area contributed by atoms with Gasteiger partial charge in [0.05, 0.1) is 16.4 Å². The Morgan fingerprint density at radius 2 is 2.11 bits per heavy atom. The molecule has 0 bridgehead atoms. The third kappa shape index (κ3) is 3.76. The number of nitrogens with one attached hydrogen (secondary N) is 1. The van der Waals surface area contributed by atoms with Gasteiger partial charge in [0.15, 0.2) is 0 Å². The summed E-state index contributed by atoms with van der Waals surface area (Å²) >= 11 is 1.60. The van der Waals surface area contributed by atoms with E-state index in [1.165, 1.54) is 6.07 Å². The summed E-state index contributed by atoms with van der Waals surface area (Å²) in [4.78, 5) is 4.46. The monoisotopic (exact) mass is 297 g/mol. The normalized spacial score (nSPS) is 11.5. The third-order valence-electron chi connectivity index (χ3n) is 2.56. The lowest BCUT2D eigenvalue weighted by Gasteiger charge is -2.09.